The van der Waals surface area contributed by atoms with Gasteiger partial charge in [0, 0.05) is 30.6 Å². The molecular formula is C18H16N2O3. The lowest BCUT2D eigenvalue weighted by molar-refractivity contribution is 0.0366. The molecule has 1 amide bonds. The van der Waals surface area contributed by atoms with Crippen molar-refractivity contribution >= 4 is 16.9 Å². The van der Waals surface area contributed by atoms with Gasteiger partial charge in [-0.15, -0.1) is 0 Å². The smallest absolute Gasteiger partial charge is 0.289 e. The highest BCUT2D eigenvalue weighted by Crippen LogP contribution is 2.24. The van der Waals surface area contributed by atoms with Crippen molar-refractivity contribution in [3.8, 4) is 5.75 Å². The Kier molecular flexibility index (Phi) is 3.46. The van der Waals surface area contributed by atoms with Crippen LogP contribution >= 0.6 is 0 Å². The molecule has 0 bridgehead atoms. The van der Waals surface area contributed by atoms with E-state index in [1.54, 1.807) is 23.4 Å². The van der Waals surface area contributed by atoms with E-state index in [4.69, 9.17) is 9.15 Å². The van der Waals surface area contributed by atoms with Crippen LogP contribution in [-0.2, 0) is 0 Å². The van der Waals surface area contributed by atoms with E-state index in [-0.39, 0.29) is 5.91 Å². The minimum Gasteiger partial charge on any atom is -0.492 e. The third-order valence-corrected chi connectivity index (χ3v) is 4.00. The summed E-state index contributed by atoms with van der Waals surface area (Å²) in [5.41, 5.74) is 0.743. The van der Waals surface area contributed by atoms with Crippen molar-refractivity contribution in [3.05, 3.63) is 60.6 Å². The van der Waals surface area contributed by atoms with Gasteiger partial charge in [0.1, 0.15) is 11.3 Å². The lowest BCUT2D eigenvalue weighted by Gasteiger charge is -2.38. The number of carbonyl (C=O) groups is 1. The molecule has 23 heavy (non-hydrogen) atoms. The number of rotatable bonds is 4. The monoisotopic (exact) mass is 308 g/mol. The number of furan rings is 1. The van der Waals surface area contributed by atoms with Crippen LogP contribution in [0.2, 0.25) is 0 Å². The van der Waals surface area contributed by atoms with Crippen molar-refractivity contribution < 1.29 is 13.9 Å². The molecule has 3 aromatic rings. The maximum absolute atomic E-state index is 12.4. The van der Waals surface area contributed by atoms with E-state index in [0.717, 1.165) is 16.7 Å². The molecule has 1 aliphatic rings. The number of hydrogen-bond donors (Lipinski definition) is 0. The SMILES string of the molecule is O=C(c1cc2ccccc2o1)N1CC(COc2cccnc2)C1. The van der Waals surface area contributed by atoms with Gasteiger partial charge < -0.3 is 14.1 Å². The molecular weight excluding hydrogens is 292 g/mol. The number of nitrogens with zero attached hydrogens (tertiary/aromatic N) is 2. The number of carbonyl (C=O) groups excluding carboxylic acids is 1. The average molecular weight is 308 g/mol. The van der Waals surface area contributed by atoms with E-state index < -0.39 is 0 Å². The first-order valence-corrected chi connectivity index (χ1v) is 7.60. The fourth-order valence-corrected chi connectivity index (χ4v) is 2.73. The average Bonchev–Trinajstić information content (AvgIpc) is 2.98. The maximum Gasteiger partial charge on any atom is 0.289 e. The Morgan fingerprint density at radius 3 is 2.91 bits per heavy atom. The minimum absolute atomic E-state index is 0.0566. The Bertz CT molecular complexity index is 789. The second-order valence-corrected chi connectivity index (χ2v) is 5.72. The number of ether oxygens (including phenoxy) is 1. The van der Waals surface area contributed by atoms with Gasteiger partial charge >= 0.3 is 0 Å². The van der Waals surface area contributed by atoms with Crippen LogP contribution in [0, 0.1) is 5.92 Å². The van der Waals surface area contributed by atoms with Gasteiger partial charge in [-0.1, -0.05) is 18.2 Å². The Hall–Kier alpha value is -2.82. The third kappa shape index (κ3) is 2.77. The van der Waals surface area contributed by atoms with Crippen LogP contribution in [0.5, 0.6) is 5.75 Å². The molecule has 5 nitrogen and oxygen atoms in total. The van der Waals surface area contributed by atoms with Crippen LogP contribution in [0.1, 0.15) is 10.6 Å². The van der Waals surface area contributed by atoms with Crippen molar-refractivity contribution in [2.75, 3.05) is 19.7 Å². The number of aromatic nitrogens is 1. The number of para-hydroxylation sites is 1. The quantitative estimate of drug-likeness (QED) is 0.743. The first-order valence-electron chi connectivity index (χ1n) is 7.60. The third-order valence-electron chi connectivity index (χ3n) is 4.00. The Labute approximate surface area is 133 Å². The zero-order valence-electron chi connectivity index (χ0n) is 12.5. The molecule has 1 aliphatic heterocycles. The normalized spacial score (nSPS) is 14.7. The summed E-state index contributed by atoms with van der Waals surface area (Å²) in [5.74, 6) is 1.45. The molecule has 0 radical (unpaired) electrons. The van der Waals surface area contributed by atoms with Crippen molar-refractivity contribution in [1.82, 2.24) is 9.88 Å². The Morgan fingerprint density at radius 2 is 2.13 bits per heavy atom. The lowest BCUT2D eigenvalue weighted by atomic mass is 10.0. The topological polar surface area (TPSA) is 55.6 Å². The largest absolute Gasteiger partial charge is 0.492 e. The zero-order valence-corrected chi connectivity index (χ0v) is 12.5. The molecule has 0 atom stereocenters. The molecule has 0 aliphatic carbocycles. The predicted molar refractivity (Wildman–Crippen MR) is 85.3 cm³/mol. The van der Waals surface area contributed by atoms with Gasteiger partial charge in [0.05, 0.1) is 12.8 Å². The fraction of sp³-hybridized carbons (Fsp3) is 0.222. The fourth-order valence-electron chi connectivity index (χ4n) is 2.73. The summed E-state index contributed by atoms with van der Waals surface area (Å²) in [4.78, 5) is 18.2. The van der Waals surface area contributed by atoms with E-state index >= 15 is 0 Å². The van der Waals surface area contributed by atoms with Gasteiger partial charge in [0.2, 0.25) is 0 Å². The summed E-state index contributed by atoms with van der Waals surface area (Å²) in [6.07, 6.45) is 3.40. The van der Waals surface area contributed by atoms with Crippen LogP contribution in [0.4, 0.5) is 0 Å². The summed E-state index contributed by atoms with van der Waals surface area (Å²) < 4.78 is 11.3. The molecule has 1 aromatic carbocycles. The summed E-state index contributed by atoms with van der Waals surface area (Å²) in [7, 11) is 0. The molecule has 0 unspecified atom stereocenters. The summed E-state index contributed by atoms with van der Waals surface area (Å²) >= 11 is 0. The molecule has 1 fully saturated rings. The van der Waals surface area contributed by atoms with Crippen molar-refractivity contribution in [3.63, 3.8) is 0 Å². The highest BCUT2D eigenvalue weighted by Gasteiger charge is 2.33. The molecule has 3 heterocycles. The molecule has 0 saturated carbocycles. The second kappa shape index (κ2) is 5.76. The first-order chi connectivity index (χ1) is 11.3. The molecule has 116 valence electrons. The van der Waals surface area contributed by atoms with Crippen LogP contribution in [-0.4, -0.2) is 35.5 Å². The highest BCUT2D eigenvalue weighted by molar-refractivity contribution is 5.96. The molecule has 4 rings (SSSR count). The van der Waals surface area contributed by atoms with Crippen LogP contribution in [0.25, 0.3) is 11.0 Å². The van der Waals surface area contributed by atoms with Gasteiger partial charge in [-0.3, -0.25) is 9.78 Å². The van der Waals surface area contributed by atoms with Gasteiger partial charge in [-0.2, -0.15) is 0 Å². The van der Waals surface area contributed by atoms with Crippen LogP contribution in [0.15, 0.2) is 59.3 Å². The highest BCUT2D eigenvalue weighted by atomic mass is 16.5. The number of benzene rings is 1. The first kappa shape index (κ1) is 13.8. The number of fused-ring (bicyclic) bond motifs is 1. The second-order valence-electron chi connectivity index (χ2n) is 5.72. The summed E-state index contributed by atoms with van der Waals surface area (Å²) in [5, 5.41) is 0.952. The number of likely N-dealkylation sites (tertiary alicyclic amines) is 1. The van der Waals surface area contributed by atoms with Crippen molar-refractivity contribution in [1.29, 1.82) is 0 Å². The summed E-state index contributed by atoms with van der Waals surface area (Å²) in [6.45, 7) is 1.97. The van der Waals surface area contributed by atoms with Crippen molar-refractivity contribution in [2.24, 2.45) is 5.92 Å². The molecule has 2 aromatic heterocycles. The minimum atomic E-state index is -0.0566. The Morgan fingerprint density at radius 1 is 1.26 bits per heavy atom. The van der Waals surface area contributed by atoms with Gasteiger partial charge in [-0.25, -0.2) is 0 Å². The van der Waals surface area contributed by atoms with E-state index in [1.165, 1.54) is 0 Å². The predicted octanol–water partition coefficient (Wildman–Crippen LogP) is 2.98. The number of pyridine rings is 1. The standard InChI is InChI=1S/C18H16N2O3/c21-18(17-8-14-4-1-2-6-16(14)23-17)20-10-13(11-20)12-22-15-5-3-7-19-9-15/h1-9,13H,10-12H2. The number of hydrogen-bond acceptors (Lipinski definition) is 4. The van der Waals surface area contributed by atoms with Gasteiger partial charge in [0.15, 0.2) is 5.76 Å². The molecule has 5 heteroatoms. The molecule has 0 spiro atoms. The Balaban J connectivity index is 1.33. The maximum atomic E-state index is 12.4. The number of amides is 1. The van der Waals surface area contributed by atoms with Gasteiger partial charge in [-0.05, 0) is 24.3 Å². The van der Waals surface area contributed by atoms with E-state index in [1.807, 2.05) is 36.4 Å². The van der Waals surface area contributed by atoms with E-state index in [9.17, 15) is 4.79 Å². The summed E-state index contributed by atoms with van der Waals surface area (Å²) in [6, 6.07) is 13.2. The molecule has 0 N–H and O–H groups in total. The zero-order chi connectivity index (χ0) is 15.6. The van der Waals surface area contributed by atoms with Crippen molar-refractivity contribution in [2.45, 2.75) is 0 Å². The van der Waals surface area contributed by atoms with Crippen LogP contribution < -0.4 is 4.74 Å². The van der Waals surface area contributed by atoms with E-state index in [2.05, 4.69) is 4.98 Å². The van der Waals surface area contributed by atoms with Gasteiger partial charge in [0.25, 0.3) is 5.91 Å². The molecule has 1 saturated heterocycles. The van der Waals surface area contributed by atoms with E-state index in [0.29, 0.717) is 31.4 Å². The lowest BCUT2D eigenvalue weighted by Crippen LogP contribution is -2.52. The van der Waals surface area contributed by atoms with Crippen LogP contribution in [0.3, 0.4) is 0 Å².